The lowest BCUT2D eigenvalue weighted by Gasteiger charge is -2.03. The molecule has 0 saturated heterocycles. The fraction of sp³-hybridized carbons (Fsp3) is 0.0667. The zero-order chi connectivity index (χ0) is 14.7. The fourth-order valence-electron chi connectivity index (χ4n) is 1.64. The predicted molar refractivity (Wildman–Crippen MR) is 78.9 cm³/mol. The Hall–Kier alpha value is -2.14. The van der Waals surface area contributed by atoms with E-state index in [-0.39, 0.29) is 15.8 Å². The molecule has 1 aromatic carbocycles. The summed E-state index contributed by atoms with van der Waals surface area (Å²) < 4.78 is 5.08. The first-order valence-corrected chi connectivity index (χ1v) is 6.59. The van der Waals surface area contributed by atoms with Crippen LogP contribution in [0.5, 0.6) is 5.75 Å². The van der Waals surface area contributed by atoms with Gasteiger partial charge in [-0.25, -0.2) is 4.79 Å². The van der Waals surface area contributed by atoms with E-state index >= 15 is 0 Å². The molecule has 0 aliphatic rings. The minimum atomic E-state index is -0.856. The molecule has 0 bridgehead atoms. The van der Waals surface area contributed by atoms with Crippen molar-refractivity contribution in [2.75, 3.05) is 0 Å². The number of aryl methyl sites for hydroxylation is 1. The number of aromatic hydroxyl groups is 1. The second-order valence-electron chi connectivity index (χ2n) is 4.09. The summed E-state index contributed by atoms with van der Waals surface area (Å²) in [6, 6.07) is 9.15. The maximum absolute atomic E-state index is 12.0. The Labute approximate surface area is 123 Å². The summed E-state index contributed by atoms with van der Waals surface area (Å²) >= 11 is 3.07. The van der Waals surface area contributed by atoms with Crippen LogP contribution in [0.15, 0.2) is 50.1 Å². The van der Waals surface area contributed by atoms with Gasteiger partial charge in [0.2, 0.25) is 0 Å². The number of carbonyl (C=O) groups is 1. The third kappa shape index (κ3) is 2.88. The Morgan fingerprint density at radius 3 is 2.60 bits per heavy atom. The number of hydrogen-bond donors (Lipinski definition) is 1. The first kappa shape index (κ1) is 14.3. The first-order chi connectivity index (χ1) is 9.50. The molecule has 4 nitrogen and oxygen atoms in total. The molecule has 0 saturated carbocycles. The smallest absolute Gasteiger partial charge is 0.351 e. The van der Waals surface area contributed by atoms with Crippen LogP contribution in [-0.4, -0.2) is 10.9 Å². The van der Waals surface area contributed by atoms with Gasteiger partial charge >= 0.3 is 5.63 Å². The van der Waals surface area contributed by atoms with Crippen molar-refractivity contribution in [1.82, 2.24) is 0 Å². The molecule has 0 aliphatic heterocycles. The van der Waals surface area contributed by atoms with Gasteiger partial charge in [0, 0.05) is 0 Å². The Morgan fingerprint density at radius 2 is 1.95 bits per heavy atom. The van der Waals surface area contributed by atoms with Gasteiger partial charge < -0.3 is 9.52 Å². The highest BCUT2D eigenvalue weighted by Gasteiger charge is 2.20. The maximum atomic E-state index is 12.0. The van der Waals surface area contributed by atoms with E-state index in [1.54, 1.807) is 6.08 Å². The lowest BCUT2D eigenvalue weighted by molar-refractivity contribution is 0.104. The van der Waals surface area contributed by atoms with Crippen LogP contribution in [0, 0.1) is 6.92 Å². The Kier molecular flexibility index (Phi) is 4.20. The molecular weight excluding hydrogens is 324 g/mol. The lowest BCUT2D eigenvalue weighted by atomic mass is 10.1. The molecule has 0 radical (unpaired) electrons. The molecule has 5 heteroatoms. The fourth-order valence-corrected chi connectivity index (χ4v) is 1.92. The van der Waals surface area contributed by atoms with Crippen molar-refractivity contribution in [1.29, 1.82) is 0 Å². The molecule has 2 aromatic rings. The third-order valence-corrected chi connectivity index (χ3v) is 3.61. The minimum absolute atomic E-state index is 0.202. The Bertz CT molecular complexity index is 730. The number of hydrogen-bond acceptors (Lipinski definition) is 4. The topological polar surface area (TPSA) is 67.5 Å². The quantitative estimate of drug-likeness (QED) is 0.690. The lowest BCUT2D eigenvalue weighted by Crippen LogP contribution is -2.13. The molecule has 1 N–H and O–H groups in total. The Morgan fingerprint density at radius 1 is 1.30 bits per heavy atom. The second kappa shape index (κ2) is 5.88. The summed E-state index contributed by atoms with van der Waals surface area (Å²) in [5.41, 5.74) is -0.420. The van der Waals surface area contributed by atoms with Gasteiger partial charge in [-0.15, -0.1) is 0 Å². The third-order valence-electron chi connectivity index (χ3n) is 2.68. The molecule has 0 unspecified atom stereocenters. The van der Waals surface area contributed by atoms with Crippen molar-refractivity contribution >= 4 is 27.8 Å². The van der Waals surface area contributed by atoms with Gasteiger partial charge in [-0.3, -0.25) is 4.79 Å². The standard InChI is InChI=1S/C15H11BrO4/c1-9-13(16)14(18)12(15(19)20-9)11(17)8-7-10-5-3-2-4-6-10/h2-8,18H,1H3/b8-7-. The van der Waals surface area contributed by atoms with E-state index in [0.717, 1.165) is 5.56 Å². The monoisotopic (exact) mass is 334 g/mol. The van der Waals surface area contributed by atoms with E-state index in [0.29, 0.717) is 0 Å². The van der Waals surface area contributed by atoms with E-state index < -0.39 is 17.2 Å². The molecule has 102 valence electrons. The van der Waals surface area contributed by atoms with Crippen LogP contribution in [0.2, 0.25) is 0 Å². The SMILES string of the molecule is Cc1oc(=O)c(C(=O)/C=C\c2ccccc2)c(O)c1Br. The molecule has 0 aliphatic carbocycles. The average molecular weight is 335 g/mol. The van der Waals surface area contributed by atoms with Gasteiger partial charge in [-0.05, 0) is 34.5 Å². The summed E-state index contributed by atoms with van der Waals surface area (Å²) in [7, 11) is 0. The molecule has 0 spiro atoms. The number of allylic oxidation sites excluding steroid dienone is 1. The highest BCUT2D eigenvalue weighted by Crippen LogP contribution is 2.29. The summed E-state index contributed by atoms with van der Waals surface area (Å²) in [5, 5.41) is 9.87. The van der Waals surface area contributed by atoms with Crippen molar-refractivity contribution in [3.05, 3.63) is 68.2 Å². The van der Waals surface area contributed by atoms with Gasteiger partial charge in [0.05, 0.1) is 4.47 Å². The van der Waals surface area contributed by atoms with Gasteiger partial charge in [0.1, 0.15) is 5.76 Å². The average Bonchev–Trinajstić information content (AvgIpc) is 2.44. The number of carbonyl (C=O) groups excluding carboxylic acids is 1. The molecular formula is C15H11BrO4. The number of ketones is 1. The molecule has 1 aromatic heterocycles. The minimum Gasteiger partial charge on any atom is -0.506 e. The molecule has 2 rings (SSSR count). The zero-order valence-electron chi connectivity index (χ0n) is 10.6. The van der Waals surface area contributed by atoms with E-state index in [2.05, 4.69) is 15.9 Å². The van der Waals surface area contributed by atoms with E-state index in [1.807, 2.05) is 30.3 Å². The maximum Gasteiger partial charge on any atom is 0.351 e. The van der Waals surface area contributed by atoms with Crippen LogP contribution in [0.1, 0.15) is 21.7 Å². The van der Waals surface area contributed by atoms with E-state index in [1.165, 1.54) is 13.0 Å². The summed E-state index contributed by atoms with van der Waals surface area (Å²) in [6.07, 6.45) is 2.79. The summed E-state index contributed by atoms with van der Waals surface area (Å²) in [5.74, 6) is -0.793. The van der Waals surface area contributed by atoms with Crippen LogP contribution in [0.4, 0.5) is 0 Å². The molecule has 0 amide bonds. The van der Waals surface area contributed by atoms with Gasteiger partial charge in [0.15, 0.2) is 17.1 Å². The molecule has 1 heterocycles. The normalized spacial score (nSPS) is 10.9. The van der Waals surface area contributed by atoms with Crippen LogP contribution in [0.3, 0.4) is 0 Å². The van der Waals surface area contributed by atoms with Gasteiger partial charge in [-0.1, -0.05) is 36.4 Å². The van der Waals surface area contributed by atoms with E-state index in [9.17, 15) is 14.7 Å². The second-order valence-corrected chi connectivity index (χ2v) is 4.88. The van der Waals surface area contributed by atoms with E-state index in [4.69, 9.17) is 4.42 Å². The largest absolute Gasteiger partial charge is 0.506 e. The van der Waals surface area contributed by atoms with Crippen molar-refractivity contribution in [3.63, 3.8) is 0 Å². The van der Waals surface area contributed by atoms with Crippen LogP contribution < -0.4 is 5.63 Å². The van der Waals surface area contributed by atoms with Crippen LogP contribution in [-0.2, 0) is 0 Å². The van der Waals surface area contributed by atoms with Gasteiger partial charge in [-0.2, -0.15) is 0 Å². The first-order valence-electron chi connectivity index (χ1n) is 5.80. The van der Waals surface area contributed by atoms with Crippen molar-refractivity contribution in [2.24, 2.45) is 0 Å². The highest BCUT2D eigenvalue weighted by atomic mass is 79.9. The summed E-state index contributed by atoms with van der Waals surface area (Å²) in [4.78, 5) is 23.7. The predicted octanol–water partition coefficient (Wildman–Crippen LogP) is 3.31. The van der Waals surface area contributed by atoms with Gasteiger partial charge in [0.25, 0.3) is 0 Å². The number of rotatable bonds is 3. The van der Waals surface area contributed by atoms with Crippen molar-refractivity contribution in [2.45, 2.75) is 6.92 Å². The zero-order valence-corrected chi connectivity index (χ0v) is 12.2. The van der Waals surface area contributed by atoms with Crippen molar-refractivity contribution < 1.29 is 14.3 Å². The molecule has 0 atom stereocenters. The number of halogens is 1. The molecule has 20 heavy (non-hydrogen) atoms. The van der Waals surface area contributed by atoms with Crippen molar-refractivity contribution in [3.8, 4) is 5.75 Å². The Balaban J connectivity index is 2.38. The van der Waals surface area contributed by atoms with Crippen LogP contribution >= 0.6 is 15.9 Å². The number of benzene rings is 1. The van der Waals surface area contributed by atoms with Crippen LogP contribution in [0.25, 0.3) is 6.08 Å². The summed E-state index contributed by atoms with van der Waals surface area (Å²) in [6.45, 7) is 1.51. The molecule has 0 fully saturated rings. The highest BCUT2D eigenvalue weighted by molar-refractivity contribution is 9.10.